The van der Waals surface area contributed by atoms with Crippen LogP contribution >= 0.6 is 0 Å². The molecule has 2 amide bonds. The standard InChI is InChI=1S/C14H22N4O2/c1-5-11(14(20)15-9(2)3)18-12-8-10(4)16-17(12)7-6-13(18)19/h8-9,11H,5-7H2,1-4H3,(H,15,20). The lowest BCUT2D eigenvalue weighted by Crippen LogP contribution is -2.53. The van der Waals surface area contributed by atoms with Gasteiger partial charge in [0, 0.05) is 18.5 Å². The van der Waals surface area contributed by atoms with Gasteiger partial charge in [-0.25, -0.2) is 4.68 Å². The van der Waals surface area contributed by atoms with E-state index in [2.05, 4.69) is 10.4 Å². The average molecular weight is 278 g/mol. The van der Waals surface area contributed by atoms with Crippen molar-refractivity contribution in [1.82, 2.24) is 15.1 Å². The summed E-state index contributed by atoms with van der Waals surface area (Å²) in [6.45, 7) is 8.22. The second-order valence-electron chi connectivity index (χ2n) is 5.47. The first-order valence-electron chi connectivity index (χ1n) is 7.11. The molecule has 2 heterocycles. The third-order valence-corrected chi connectivity index (χ3v) is 3.37. The molecule has 1 N–H and O–H groups in total. The highest BCUT2D eigenvalue weighted by Gasteiger charge is 2.34. The molecule has 1 atom stereocenters. The normalized spacial score (nSPS) is 16.2. The summed E-state index contributed by atoms with van der Waals surface area (Å²) in [5, 5.41) is 7.25. The van der Waals surface area contributed by atoms with Crippen LogP contribution in [-0.2, 0) is 16.1 Å². The lowest BCUT2D eigenvalue weighted by molar-refractivity contribution is -0.127. The number of anilines is 1. The van der Waals surface area contributed by atoms with Gasteiger partial charge in [-0.1, -0.05) is 6.92 Å². The molecule has 2 rings (SSSR count). The van der Waals surface area contributed by atoms with Gasteiger partial charge < -0.3 is 5.32 Å². The summed E-state index contributed by atoms with van der Waals surface area (Å²) in [6, 6.07) is 1.45. The maximum Gasteiger partial charge on any atom is 0.243 e. The van der Waals surface area contributed by atoms with Crippen molar-refractivity contribution in [2.24, 2.45) is 0 Å². The number of fused-ring (bicyclic) bond motifs is 1. The Labute approximate surface area is 119 Å². The van der Waals surface area contributed by atoms with Crippen molar-refractivity contribution in [3.05, 3.63) is 11.8 Å². The van der Waals surface area contributed by atoms with E-state index in [0.717, 1.165) is 11.5 Å². The highest BCUT2D eigenvalue weighted by molar-refractivity contribution is 6.01. The van der Waals surface area contributed by atoms with Crippen molar-refractivity contribution in [3.8, 4) is 0 Å². The van der Waals surface area contributed by atoms with Gasteiger partial charge in [0.15, 0.2) is 0 Å². The Morgan fingerprint density at radius 2 is 2.20 bits per heavy atom. The van der Waals surface area contributed by atoms with Crippen LogP contribution in [0.3, 0.4) is 0 Å². The molecule has 0 aliphatic carbocycles. The topological polar surface area (TPSA) is 67.2 Å². The van der Waals surface area contributed by atoms with E-state index in [0.29, 0.717) is 19.4 Å². The van der Waals surface area contributed by atoms with Crippen LogP contribution in [0.25, 0.3) is 0 Å². The number of amides is 2. The van der Waals surface area contributed by atoms with Gasteiger partial charge in [-0.3, -0.25) is 14.5 Å². The molecule has 0 bridgehead atoms. The minimum absolute atomic E-state index is 0.0110. The minimum atomic E-state index is -0.472. The van der Waals surface area contributed by atoms with E-state index < -0.39 is 6.04 Å². The van der Waals surface area contributed by atoms with Crippen molar-refractivity contribution in [2.45, 2.75) is 59.2 Å². The van der Waals surface area contributed by atoms with E-state index in [9.17, 15) is 9.59 Å². The SMILES string of the molecule is CCC(C(=O)NC(C)C)N1C(=O)CCn2nc(C)cc21. The van der Waals surface area contributed by atoms with Crippen molar-refractivity contribution >= 4 is 17.6 Å². The molecule has 20 heavy (non-hydrogen) atoms. The number of nitrogens with zero attached hydrogens (tertiary/aromatic N) is 3. The summed E-state index contributed by atoms with van der Waals surface area (Å²) in [4.78, 5) is 26.2. The number of carbonyl (C=O) groups is 2. The predicted molar refractivity (Wildman–Crippen MR) is 76.4 cm³/mol. The minimum Gasteiger partial charge on any atom is -0.352 e. The molecule has 0 aromatic carbocycles. The van der Waals surface area contributed by atoms with Crippen LogP contribution < -0.4 is 10.2 Å². The molecule has 0 spiro atoms. The smallest absolute Gasteiger partial charge is 0.243 e. The van der Waals surface area contributed by atoms with Crippen LogP contribution in [0.2, 0.25) is 0 Å². The van der Waals surface area contributed by atoms with Crippen LogP contribution in [0.4, 0.5) is 5.82 Å². The summed E-state index contributed by atoms with van der Waals surface area (Å²) in [5.74, 6) is 0.607. The van der Waals surface area contributed by atoms with Gasteiger partial charge in [-0.2, -0.15) is 5.10 Å². The fourth-order valence-electron chi connectivity index (χ4n) is 2.54. The van der Waals surface area contributed by atoms with Gasteiger partial charge in [0.2, 0.25) is 11.8 Å². The lowest BCUT2D eigenvalue weighted by Gasteiger charge is -2.33. The lowest BCUT2D eigenvalue weighted by atomic mass is 10.1. The molecule has 0 radical (unpaired) electrons. The number of hydrogen-bond donors (Lipinski definition) is 1. The molecule has 1 unspecified atom stereocenters. The molecule has 0 saturated carbocycles. The molecular weight excluding hydrogens is 256 g/mol. The fraction of sp³-hybridized carbons (Fsp3) is 0.643. The molecule has 1 aliphatic rings. The zero-order chi connectivity index (χ0) is 14.9. The van der Waals surface area contributed by atoms with Gasteiger partial charge >= 0.3 is 0 Å². The van der Waals surface area contributed by atoms with Gasteiger partial charge in [0.25, 0.3) is 0 Å². The quantitative estimate of drug-likeness (QED) is 0.900. The predicted octanol–water partition coefficient (Wildman–Crippen LogP) is 1.23. The highest BCUT2D eigenvalue weighted by atomic mass is 16.2. The van der Waals surface area contributed by atoms with Crippen LogP contribution in [-0.4, -0.2) is 33.7 Å². The Morgan fingerprint density at radius 1 is 1.50 bits per heavy atom. The van der Waals surface area contributed by atoms with E-state index in [1.807, 2.05) is 38.4 Å². The van der Waals surface area contributed by atoms with E-state index in [-0.39, 0.29) is 17.9 Å². The largest absolute Gasteiger partial charge is 0.352 e. The molecule has 1 aliphatic heterocycles. The molecule has 1 aromatic heterocycles. The Morgan fingerprint density at radius 3 is 2.80 bits per heavy atom. The monoisotopic (exact) mass is 278 g/mol. The Balaban J connectivity index is 2.33. The van der Waals surface area contributed by atoms with Crippen molar-refractivity contribution < 1.29 is 9.59 Å². The van der Waals surface area contributed by atoms with E-state index in [1.165, 1.54) is 0 Å². The summed E-state index contributed by atoms with van der Waals surface area (Å²) >= 11 is 0. The molecule has 1 aromatic rings. The zero-order valence-electron chi connectivity index (χ0n) is 12.5. The third kappa shape index (κ3) is 2.69. The molecular formula is C14H22N4O2. The second-order valence-corrected chi connectivity index (χ2v) is 5.47. The number of aromatic nitrogens is 2. The van der Waals surface area contributed by atoms with Gasteiger partial charge in [-0.15, -0.1) is 0 Å². The number of nitrogens with one attached hydrogen (secondary N) is 1. The third-order valence-electron chi connectivity index (χ3n) is 3.37. The average Bonchev–Trinajstić information content (AvgIpc) is 2.72. The van der Waals surface area contributed by atoms with Crippen molar-refractivity contribution in [2.75, 3.05) is 4.90 Å². The van der Waals surface area contributed by atoms with Crippen molar-refractivity contribution in [1.29, 1.82) is 0 Å². The zero-order valence-corrected chi connectivity index (χ0v) is 12.5. The summed E-state index contributed by atoms with van der Waals surface area (Å²) in [6.07, 6.45) is 0.966. The van der Waals surface area contributed by atoms with Crippen molar-refractivity contribution in [3.63, 3.8) is 0 Å². The summed E-state index contributed by atoms with van der Waals surface area (Å²) in [7, 11) is 0. The maximum absolute atomic E-state index is 12.3. The molecule has 6 nitrogen and oxygen atoms in total. The summed E-state index contributed by atoms with van der Waals surface area (Å²) < 4.78 is 1.81. The Bertz CT molecular complexity index is 521. The van der Waals surface area contributed by atoms with Crippen LogP contribution in [0, 0.1) is 6.92 Å². The van der Waals surface area contributed by atoms with Gasteiger partial charge in [0.05, 0.1) is 12.2 Å². The Kier molecular flexibility index (Phi) is 4.11. The number of hydrogen-bond acceptors (Lipinski definition) is 3. The summed E-state index contributed by atoms with van der Waals surface area (Å²) in [5.41, 5.74) is 0.860. The van der Waals surface area contributed by atoms with E-state index in [1.54, 1.807) is 4.90 Å². The van der Waals surface area contributed by atoms with Gasteiger partial charge in [-0.05, 0) is 27.2 Å². The van der Waals surface area contributed by atoms with Crippen LogP contribution in [0.1, 0.15) is 39.3 Å². The van der Waals surface area contributed by atoms with E-state index >= 15 is 0 Å². The number of carbonyl (C=O) groups excluding carboxylic acids is 2. The van der Waals surface area contributed by atoms with Crippen LogP contribution in [0.5, 0.6) is 0 Å². The van der Waals surface area contributed by atoms with E-state index in [4.69, 9.17) is 0 Å². The highest BCUT2D eigenvalue weighted by Crippen LogP contribution is 2.26. The molecule has 6 heteroatoms. The first kappa shape index (κ1) is 14.6. The first-order chi connectivity index (χ1) is 9.43. The second kappa shape index (κ2) is 5.64. The Hall–Kier alpha value is -1.85. The number of aryl methyl sites for hydroxylation is 2. The molecule has 0 fully saturated rings. The molecule has 0 saturated heterocycles. The number of rotatable bonds is 4. The fourth-order valence-corrected chi connectivity index (χ4v) is 2.54. The van der Waals surface area contributed by atoms with Crippen LogP contribution in [0.15, 0.2) is 6.07 Å². The van der Waals surface area contributed by atoms with Gasteiger partial charge in [0.1, 0.15) is 11.9 Å². The maximum atomic E-state index is 12.3. The first-order valence-corrected chi connectivity index (χ1v) is 7.11. The molecule has 110 valence electrons.